The van der Waals surface area contributed by atoms with Crippen LogP contribution in [0.2, 0.25) is 0 Å². The predicted octanol–water partition coefficient (Wildman–Crippen LogP) is 6.08. The number of anilines is 1. The molecule has 0 spiro atoms. The molecule has 8 heteroatoms. The van der Waals surface area contributed by atoms with Crippen molar-refractivity contribution in [1.29, 1.82) is 0 Å². The quantitative estimate of drug-likeness (QED) is 0.375. The first kappa shape index (κ1) is 25.5. The lowest BCUT2D eigenvalue weighted by Crippen LogP contribution is -2.47. The predicted molar refractivity (Wildman–Crippen MR) is 130 cm³/mol. The zero-order chi connectivity index (χ0) is 23.7. The van der Waals surface area contributed by atoms with Crippen LogP contribution in [-0.4, -0.2) is 44.5 Å². The SMILES string of the molecule is COC(=O)c1sc(C(C)(C)C)cc1N(C(=O)[C@H]1CC[C@H](C)CC1)C1CCP(=O)(OC)CC1. The third kappa shape index (κ3) is 5.48. The molecular weight excluding hydrogens is 445 g/mol. The van der Waals surface area contributed by atoms with Gasteiger partial charge in [-0.25, -0.2) is 4.79 Å². The van der Waals surface area contributed by atoms with Crippen LogP contribution in [0.3, 0.4) is 0 Å². The van der Waals surface area contributed by atoms with Crippen LogP contribution in [0.4, 0.5) is 5.69 Å². The fourth-order valence-corrected chi connectivity index (χ4v) is 7.85. The van der Waals surface area contributed by atoms with Crippen molar-refractivity contribution >= 4 is 36.3 Å². The molecule has 1 amide bonds. The van der Waals surface area contributed by atoms with Gasteiger partial charge in [0.2, 0.25) is 13.3 Å². The lowest BCUT2D eigenvalue weighted by Gasteiger charge is -2.39. The molecule has 0 unspecified atom stereocenters. The Morgan fingerprint density at radius 3 is 2.16 bits per heavy atom. The van der Waals surface area contributed by atoms with Crippen LogP contribution in [-0.2, 0) is 24.0 Å². The smallest absolute Gasteiger partial charge is 0.350 e. The van der Waals surface area contributed by atoms with Gasteiger partial charge in [0.15, 0.2) is 0 Å². The molecule has 0 radical (unpaired) electrons. The highest BCUT2D eigenvalue weighted by Crippen LogP contribution is 2.52. The number of thiophene rings is 1. The molecule has 0 bridgehead atoms. The third-order valence-corrected chi connectivity index (χ3v) is 11.1. The molecule has 1 aliphatic carbocycles. The summed E-state index contributed by atoms with van der Waals surface area (Å²) in [5, 5.41) is 0. The first-order valence-corrected chi connectivity index (χ1v) is 14.5. The Morgan fingerprint density at radius 1 is 1.06 bits per heavy atom. The molecule has 0 aromatic carbocycles. The Kier molecular flexibility index (Phi) is 7.94. The van der Waals surface area contributed by atoms with E-state index in [0.29, 0.717) is 41.6 Å². The summed E-state index contributed by atoms with van der Waals surface area (Å²) in [6, 6.07) is 1.91. The van der Waals surface area contributed by atoms with E-state index in [-0.39, 0.29) is 23.3 Å². The van der Waals surface area contributed by atoms with Gasteiger partial charge < -0.3 is 14.2 Å². The van der Waals surface area contributed by atoms with E-state index in [1.807, 2.05) is 11.0 Å². The number of ether oxygens (including phenoxy) is 1. The maximum Gasteiger partial charge on any atom is 0.350 e. The zero-order valence-electron chi connectivity index (χ0n) is 20.3. The average molecular weight is 484 g/mol. The van der Waals surface area contributed by atoms with Crippen molar-refractivity contribution in [1.82, 2.24) is 0 Å². The van der Waals surface area contributed by atoms with Crippen molar-refractivity contribution in [3.63, 3.8) is 0 Å². The summed E-state index contributed by atoms with van der Waals surface area (Å²) >= 11 is 1.41. The molecule has 0 N–H and O–H groups in total. The molecule has 32 heavy (non-hydrogen) atoms. The summed E-state index contributed by atoms with van der Waals surface area (Å²) in [5.41, 5.74) is 0.508. The van der Waals surface area contributed by atoms with Gasteiger partial charge in [0.05, 0.1) is 12.8 Å². The minimum atomic E-state index is -2.62. The van der Waals surface area contributed by atoms with Crippen LogP contribution in [0, 0.1) is 11.8 Å². The molecular formula is C24H38NO5PS. The van der Waals surface area contributed by atoms with Gasteiger partial charge in [-0.2, -0.15) is 0 Å². The van der Waals surface area contributed by atoms with Crippen LogP contribution in [0.25, 0.3) is 0 Å². The largest absolute Gasteiger partial charge is 0.465 e. The highest BCUT2D eigenvalue weighted by molar-refractivity contribution is 7.59. The van der Waals surface area contributed by atoms with Crippen molar-refractivity contribution in [2.75, 3.05) is 31.4 Å². The van der Waals surface area contributed by atoms with Gasteiger partial charge in [0.1, 0.15) is 4.88 Å². The number of carbonyl (C=O) groups excluding carboxylic acids is 2. The molecule has 0 atom stereocenters. The summed E-state index contributed by atoms with van der Waals surface area (Å²) in [5.74, 6) is 0.299. The number of hydrogen-bond acceptors (Lipinski definition) is 6. The average Bonchev–Trinajstić information content (AvgIpc) is 3.21. The molecule has 1 saturated carbocycles. The van der Waals surface area contributed by atoms with E-state index in [4.69, 9.17) is 9.26 Å². The van der Waals surface area contributed by atoms with Crippen LogP contribution < -0.4 is 4.90 Å². The molecule has 1 aromatic heterocycles. The fourth-order valence-electron chi connectivity index (χ4n) is 4.76. The number of amides is 1. The Bertz CT molecular complexity index is 869. The topological polar surface area (TPSA) is 72.9 Å². The van der Waals surface area contributed by atoms with Gasteiger partial charge in [-0.15, -0.1) is 11.3 Å². The summed E-state index contributed by atoms with van der Waals surface area (Å²) < 4.78 is 23.2. The van der Waals surface area contributed by atoms with Crippen molar-refractivity contribution in [3.05, 3.63) is 15.8 Å². The van der Waals surface area contributed by atoms with Crippen molar-refractivity contribution < 1.29 is 23.4 Å². The Morgan fingerprint density at radius 2 is 1.66 bits per heavy atom. The van der Waals surface area contributed by atoms with Gasteiger partial charge in [0.25, 0.3) is 0 Å². The molecule has 1 aromatic rings. The maximum atomic E-state index is 13.9. The van der Waals surface area contributed by atoms with Gasteiger partial charge >= 0.3 is 5.97 Å². The van der Waals surface area contributed by atoms with Crippen molar-refractivity contribution in [2.24, 2.45) is 11.8 Å². The van der Waals surface area contributed by atoms with Crippen molar-refractivity contribution in [3.8, 4) is 0 Å². The molecule has 2 aliphatic rings. The molecule has 180 valence electrons. The molecule has 6 nitrogen and oxygen atoms in total. The van der Waals surface area contributed by atoms with Crippen LogP contribution in [0.5, 0.6) is 0 Å². The number of methoxy groups -OCH3 is 1. The van der Waals surface area contributed by atoms with E-state index < -0.39 is 13.3 Å². The second-order valence-corrected chi connectivity index (χ2v) is 14.3. The first-order valence-electron chi connectivity index (χ1n) is 11.7. The van der Waals surface area contributed by atoms with Gasteiger partial charge in [-0.3, -0.25) is 9.36 Å². The molecule has 1 saturated heterocycles. The van der Waals surface area contributed by atoms with E-state index >= 15 is 0 Å². The van der Waals surface area contributed by atoms with E-state index in [1.165, 1.54) is 25.6 Å². The van der Waals surface area contributed by atoms with Gasteiger partial charge in [-0.05, 0) is 55.9 Å². The minimum absolute atomic E-state index is 0.0363. The Labute approximate surface area is 196 Å². The van der Waals surface area contributed by atoms with Crippen LogP contribution in [0.1, 0.15) is 80.8 Å². The molecule has 2 fully saturated rings. The number of carbonyl (C=O) groups is 2. The normalized spacial score (nSPS) is 28.9. The Balaban J connectivity index is 2.02. The number of rotatable bonds is 5. The third-order valence-electron chi connectivity index (χ3n) is 6.99. The lowest BCUT2D eigenvalue weighted by atomic mass is 9.82. The second-order valence-electron chi connectivity index (χ2n) is 10.4. The summed E-state index contributed by atoms with van der Waals surface area (Å²) in [6.45, 7) is 8.56. The number of hydrogen-bond donors (Lipinski definition) is 0. The van der Waals surface area contributed by atoms with Gasteiger partial charge in [0, 0.05) is 36.3 Å². The fraction of sp³-hybridized carbons (Fsp3) is 0.750. The second kappa shape index (κ2) is 9.99. The molecule has 3 rings (SSSR count). The molecule has 2 heterocycles. The lowest BCUT2D eigenvalue weighted by molar-refractivity contribution is -0.124. The maximum absolute atomic E-state index is 13.9. The van der Waals surface area contributed by atoms with Gasteiger partial charge in [-0.1, -0.05) is 27.7 Å². The first-order chi connectivity index (χ1) is 15.0. The van der Waals surface area contributed by atoms with Crippen LogP contribution >= 0.6 is 18.7 Å². The Hall–Kier alpha value is -1.17. The monoisotopic (exact) mass is 483 g/mol. The summed E-state index contributed by atoms with van der Waals surface area (Å²) in [4.78, 5) is 30.1. The highest BCUT2D eigenvalue weighted by atomic mass is 32.1. The highest BCUT2D eigenvalue weighted by Gasteiger charge is 2.40. The van der Waals surface area contributed by atoms with Crippen LogP contribution in [0.15, 0.2) is 6.07 Å². The zero-order valence-corrected chi connectivity index (χ0v) is 22.0. The van der Waals surface area contributed by atoms with E-state index in [1.54, 1.807) is 0 Å². The van der Waals surface area contributed by atoms with E-state index in [0.717, 1.165) is 30.6 Å². The minimum Gasteiger partial charge on any atom is -0.465 e. The number of esters is 1. The summed E-state index contributed by atoms with van der Waals surface area (Å²) in [7, 11) is 0.274. The molecule has 1 aliphatic heterocycles. The van der Waals surface area contributed by atoms with E-state index in [2.05, 4.69) is 27.7 Å². The number of nitrogens with zero attached hydrogens (tertiary/aromatic N) is 1. The summed E-state index contributed by atoms with van der Waals surface area (Å²) in [6.07, 6.45) is 6.01. The standard InChI is InChI=1S/C24H38NO5PS/c1-16-7-9-17(10-8-16)22(26)25(18-11-13-31(28,30-6)14-12-18)19-15-20(24(2,3)4)32-21(19)23(27)29-5/h15-18H,7-14H2,1-6H3/t16-,17-,18?,31?. The van der Waals surface area contributed by atoms with E-state index in [9.17, 15) is 14.2 Å². The van der Waals surface area contributed by atoms with Crippen molar-refractivity contribution in [2.45, 2.75) is 77.7 Å².